The molecule has 5 heteroatoms. The second kappa shape index (κ2) is 7.74. The summed E-state index contributed by atoms with van der Waals surface area (Å²) in [6.45, 7) is 3.10. The Morgan fingerprint density at radius 2 is 2.05 bits per heavy atom. The largest absolute Gasteiger partial charge is 0.343 e. The number of piperidine rings is 1. The van der Waals surface area contributed by atoms with Gasteiger partial charge in [0.05, 0.1) is 0 Å². The molecule has 110 valence electrons. The first-order chi connectivity index (χ1) is 9.66. The molecule has 1 aromatic rings. The van der Waals surface area contributed by atoms with Gasteiger partial charge in [-0.15, -0.1) is 0 Å². The highest BCUT2D eigenvalue weighted by molar-refractivity contribution is 9.10. The smallest absolute Gasteiger partial charge is 0.223 e. The van der Waals surface area contributed by atoms with E-state index in [1.807, 2.05) is 4.90 Å². The van der Waals surface area contributed by atoms with Gasteiger partial charge < -0.3 is 10.2 Å². The Morgan fingerprint density at radius 3 is 2.75 bits per heavy atom. The summed E-state index contributed by atoms with van der Waals surface area (Å²) in [5, 5.41) is 3.23. The van der Waals surface area contributed by atoms with Crippen LogP contribution in [0.15, 0.2) is 22.7 Å². The van der Waals surface area contributed by atoms with Crippen molar-refractivity contribution in [2.75, 3.05) is 19.6 Å². The molecule has 1 heterocycles. The van der Waals surface area contributed by atoms with Crippen LogP contribution in [0.4, 0.5) is 4.39 Å². The average molecular weight is 343 g/mol. The number of rotatable bonds is 5. The highest BCUT2D eigenvalue weighted by Crippen LogP contribution is 2.17. The number of nitrogens with one attached hydrogen (secondary N) is 1. The van der Waals surface area contributed by atoms with Gasteiger partial charge >= 0.3 is 0 Å². The number of nitrogens with zero attached hydrogens (tertiary/aromatic N) is 1. The van der Waals surface area contributed by atoms with Gasteiger partial charge in [0, 0.05) is 37.1 Å². The van der Waals surface area contributed by atoms with Gasteiger partial charge in [0.1, 0.15) is 5.82 Å². The molecule has 1 aromatic carbocycles. The van der Waals surface area contributed by atoms with E-state index in [1.54, 1.807) is 6.07 Å². The van der Waals surface area contributed by atoms with Gasteiger partial charge in [0.15, 0.2) is 0 Å². The molecule has 0 radical (unpaired) electrons. The zero-order valence-corrected chi connectivity index (χ0v) is 13.1. The Kier molecular flexibility index (Phi) is 5.98. The maximum Gasteiger partial charge on any atom is 0.223 e. The van der Waals surface area contributed by atoms with E-state index in [0.29, 0.717) is 19.5 Å². The highest BCUT2D eigenvalue weighted by Gasteiger charge is 2.15. The molecule has 20 heavy (non-hydrogen) atoms. The maximum atomic E-state index is 12.9. The van der Waals surface area contributed by atoms with E-state index in [9.17, 15) is 9.18 Å². The summed E-state index contributed by atoms with van der Waals surface area (Å²) in [7, 11) is 0. The van der Waals surface area contributed by atoms with Gasteiger partial charge in [-0.3, -0.25) is 4.79 Å². The molecule has 1 saturated heterocycles. The predicted octanol–water partition coefficient (Wildman–Crippen LogP) is 3.08. The average Bonchev–Trinajstić information content (AvgIpc) is 2.46. The van der Waals surface area contributed by atoms with E-state index in [4.69, 9.17) is 0 Å². The summed E-state index contributed by atoms with van der Waals surface area (Å²) >= 11 is 3.34. The highest BCUT2D eigenvalue weighted by atomic mass is 79.9. The van der Waals surface area contributed by atoms with Crippen LogP contribution >= 0.6 is 15.9 Å². The first-order valence-electron chi connectivity index (χ1n) is 7.09. The molecule has 0 spiro atoms. The second-order valence-corrected chi connectivity index (χ2v) is 5.96. The molecule has 0 unspecified atom stereocenters. The molecule has 0 aliphatic carbocycles. The quantitative estimate of drug-likeness (QED) is 0.834. The molecule has 1 aliphatic heterocycles. The summed E-state index contributed by atoms with van der Waals surface area (Å²) in [5.74, 6) is -0.0173. The molecule has 3 nitrogen and oxygen atoms in total. The lowest BCUT2D eigenvalue weighted by atomic mass is 10.1. The number of hydrogen-bond acceptors (Lipinski definition) is 2. The van der Waals surface area contributed by atoms with Crippen molar-refractivity contribution >= 4 is 21.8 Å². The Morgan fingerprint density at radius 1 is 1.30 bits per heavy atom. The van der Waals surface area contributed by atoms with Crippen LogP contribution in [0, 0.1) is 5.82 Å². The number of halogens is 2. The maximum absolute atomic E-state index is 12.9. The molecular weight excluding hydrogens is 323 g/mol. The third-order valence-corrected chi connectivity index (χ3v) is 4.29. The second-order valence-electron chi connectivity index (χ2n) is 5.10. The van der Waals surface area contributed by atoms with E-state index in [-0.39, 0.29) is 11.7 Å². The van der Waals surface area contributed by atoms with Crippen molar-refractivity contribution in [3.05, 3.63) is 34.1 Å². The summed E-state index contributed by atoms with van der Waals surface area (Å²) in [4.78, 5) is 13.9. The van der Waals surface area contributed by atoms with E-state index < -0.39 is 0 Å². The molecule has 0 aromatic heterocycles. The van der Waals surface area contributed by atoms with Crippen molar-refractivity contribution in [1.29, 1.82) is 0 Å². The molecule has 1 fully saturated rings. The number of likely N-dealkylation sites (tertiary alicyclic amines) is 1. The number of amides is 1. The van der Waals surface area contributed by atoms with Crippen LogP contribution < -0.4 is 5.32 Å². The van der Waals surface area contributed by atoms with Crippen molar-refractivity contribution in [2.24, 2.45) is 0 Å². The van der Waals surface area contributed by atoms with E-state index >= 15 is 0 Å². The SMILES string of the molecule is O=C(CCNCc1ccc(F)cc1Br)N1CCCCC1. The molecule has 1 amide bonds. The normalized spacial score (nSPS) is 15.4. The van der Waals surface area contributed by atoms with Crippen molar-refractivity contribution in [3.8, 4) is 0 Å². The lowest BCUT2D eigenvalue weighted by Crippen LogP contribution is -2.37. The minimum atomic E-state index is -0.249. The lowest BCUT2D eigenvalue weighted by Gasteiger charge is -2.26. The fraction of sp³-hybridized carbons (Fsp3) is 0.533. The van der Waals surface area contributed by atoms with Gasteiger partial charge in [-0.05, 0) is 37.0 Å². The molecular formula is C15H20BrFN2O. The fourth-order valence-electron chi connectivity index (χ4n) is 2.38. The van der Waals surface area contributed by atoms with Gasteiger partial charge in [-0.1, -0.05) is 22.0 Å². The summed E-state index contributed by atoms with van der Waals surface area (Å²) < 4.78 is 13.7. The molecule has 0 bridgehead atoms. The van der Waals surface area contributed by atoms with Gasteiger partial charge in [-0.2, -0.15) is 0 Å². The first-order valence-corrected chi connectivity index (χ1v) is 7.88. The van der Waals surface area contributed by atoms with Crippen molar-refractivity contribution < 1.29 is 9.18 Å². The standard InChI is InChI=1S/C15H20BrFN2O/c16-14-10-13(17)5-4-12(14)11-18-7-6-15(20)19-8-2-1-3-9-19/h4-5,10,18H,1-3,6-9,11H2. The monoisotopic (exact) mass is 342 g/mol. The van der Waals surface area contributed by atoms with E-state index in [2.05, 4.69) is 21.2 Å². The molecule has 0 saturated carbocycles. The molecule has 2 rings (SSSR count). The third kappa shape index (κ3) is 4.56. The van der Waals surface area contributed by atoms with Crippen molar-refractivity contribution in [1.82, 2.24) is 10.2 Å². The minimum Gasteiger partial charge on any atom is -0.343 e. The topological polar surface area (TPSA) is 32.3 Å². The van der Waals surface area contributed by atoms with E-state index in [1.165, 1.54) is 18.6 Å². The Hall–Kier alpha value is -0.940. The zero-order chi connectivity index (χ0) is 14.4. The number of carbonyl (C=O) groups is 1. The lowest BCUT2D eigenvalue weighted by molar-refractivity contribution is -0.131. The minimum absolute atomic E-state index is 0.232. The number of hydrogen-bond donors (Lipinski definition) is 1. The molecule has 0 atom stereocenters. The van der Waals surface area contributed by atoms with Crippen LogP contribution in [0.3, 0.4) is 0 Å². The van der Waals surface area contributed by atoms with Gasteiger partial charge in [0.2, 0.25) is 5.91 Å². The van der Waals surface area contributed by atoms with Gasteiger partial charge in [0.25, 0.3) is 0 Å². The summed E-state index contributed by atoms with van der Waals surface area (Å²) in [5.41, 5.74) is 0.997. The van der Waals surface area contributed by atoms with Crippen molar-refractivity contribution in [3.63, 3.8) is 0 Å². The Labute approximate surface area is 127 Å². The Bertz CT molecular complexity index is 461. The van der Waals surface area contributed by atoms with Crippen molar-refractivity contribution in [2.45, 2.75) is 32.2 Å². The number of benzene rings is 1. The third-order valence-electron chi connectivity index (χ3n) is 3.55. The molecule has 1 aliphatic rings. The van der Waals surface area contributed by atoms with Crippen LogP contribution in [0.2, 0.25) is 0 Å². The summed E-state index contributed by atoms with van der Waals surface area (Å²) in [6.07, 6.45) is 4.02. The van der Waals surface area contributed by atoms with Gasteiger partial charge in [-0.25, -0.2) is 4.39 Å². The molecule has 1 N–H and O–H groups in total. The van der Waals surface area contributed by atoms with E-state index in [0.717, 1.165) is 36.0 Å². The van der Waals surface area contributed by atoms with Crippen LogP contribution in [-0.2, 0) is 11.3 Å². The number of carbonyl (C=O) groups excluding carboxylic acids is 1. The van der Waals surface area contributed by atoms with Crippen LogP contribution in [-0.4, -0.2) is 30.4 Å². The summed E-state index contributed by atoms with van der Waals surface area (Å²) in [6, 6.07) is 4.65. The van der Waals surface area contributed by atoms with Crippen LogP contribution in [0.5, 0.6) is 0 Å². The predicted molar refractivity (Wildman–Crippen MR) is 80.9 cm³/mol. The zero-order valence-electron chi connectivity index (χ0n) is 11.5. The van der Waals surface area contributed by atoms with Crippen LogP contribution in [0.1, 0.15) is 31.2 Å². The Balaban J connectivity index is 1.69. The fourth-order valence-corrected chi connectivity index (χ4v) is 2.88. The van der Waals surface area contributed by atoms with Crippen LogP contribution in [0.25, 0.3) is 0 Å². The first kappa shape index (κ1) is 15.4.